The van der Waals surface area contributed by atoms with E-state index < -0.39 is 11.6 Å². The van der Waals surface area contributed by atoms with Crippen LogP contribution in [-0.4, -0.2) is 18.6 Å². The number of rotatable bonds is 6. The van der Waals surface area contributed by atoms with Crippen molar-refractivity contribution in [2.45, 2.75) is 26.7 Å². The summed E-state index contributed by atoms with van der Waals surface area (Å²) in [7, 11) is 1.55. The minimum atomic E-state index is -0.683. The third kappa shape index (κ3) is 4.17. The molecule has 0 aromatic carbocycles. The molecule has 5 heteroatoms. The summed E-state index contributed by atoms with van der Waals surface area (Å²) in [6, 6.07) is 0.837. The third-order valence-electron chi connectivity index (χ3n) is 2.42. The third-order valence-corrected chi connectivity index (χ3v) is 2.42. The van der Waals surface area contributed by atoms with E-state index in [0.29, 0.717) is 12.5 Å². The Morgan fingerprint density at radius 2 is 1.88 bits per heavy atom. The summed E-state index contributed by atoms with van der Waals surface area (Å²) in [4.78, 5) is 3.83. The van der Waals surface area contributed by atoms with Crippen molar-refractivity contribution in [1.29, 1.82) is 0 Å². The van der Waals surface area contributed by atoms with Gasteiger partial charge in [-0.05, 0) is 18.8 Å². The van der Waals surface area contributed by atoms with Gasteiger partial charge in [0.1, 0.15) is 0 Å². The molecule has 0 atom stereocenters. The average Bonchev–Trinajstić information content (AvgIpc) is 2.26. The lowest BCUT2D eigenvalue weighted by molar-refractivity contribution is 0.561. The maximum atomic E-state index is 13.4. The second-order valence-electron chi connectivity index (χ2n) is 4.36. The zero-order valence-corrected chi connectivity index (χ0v) is 10.5. The van der Waals surface area contributed by atoms with Crippen molar-refractivity contribution in [3.63, 3.8) is 0 Å². The van der Waals surface area contributed by atoms with Crippen LogP contribution in [0.2, 0.25) is 0 Å². The summed E-state index contributed by atoms with van der Waals surface area (Å²) < 4.78 is 26.5. The predicted molar refractivity (Wildman–Crippen MR) is 66.3 cm³/mol. The van der Waals surface area contributed by atoms with Crippen molar-refractivity contribution in [2.75, 3.05) is 24.2 Å². The van der Waals surface area contributed by atoms with Crippen LogP contribution in [0.4, 0.5) is 20.4 Å². The first-order valence-corrected chi connectivity index (χ1v) is 5.82. The van der Waals surface area contributed by atoms with E-state index in [1.54, 1.807) is 7.05 Å². The van der Waals surface area contributed by atoms with Crippen LogP contribution in [0.15, 0.2) is 6.07 Å². The molecular weight excluding hydrogens is 224 g/mol. The lowest BCUT2D eigenvalue weighted by Gasteiger charge is -2.10. The van der Waals surface area contributed by atoms with E-state index in [1.165, 1.54) is 0 Å². The molecule has 0 aliphatic rings. The molecule has 0 aliphatic carbocycles. The van der Waals surface area contributed by atoms with Crippen LogP contribution in [0, 0.1) is 17.6 Å². The molecule has 1 aromatic rings. The molecule has 0 unspecified atom stereocenters. The summed E-state index contributed by atoms with van der Waals surface area (Å²) in [6.45, 7) is 4.91. The van der Waals surface area contributed by atoms with Crippen molar-refractivity contribution in [1.82, 2.24) is 4.98 Å². The predicted octanol–water partition coefficient (Wildman–Crippen LogP) is 3.25. The number of pyridine rings is 1. The summed E-state index contributed by atoms with van der Waals surface area (Å²) >= 11 is 0. The highest BCUT2D eigenvalue weighted by molar-refractivity contribution is 5.47. The van der Waals surface area contributed by atoms with Crippen LogP contribution >= 0.6 is 0 Å². The lowest BCUT2D eigenvalue weighted by atomic mass is 10.1. The molecule has 1 heterocycles. The van der Waals surface area contributed by atoms with E-state index in [4.69, 9.17) is 0 Å². The highest BCUT2D eigenvalue weighted by Crippen LogP contribution is 2.18. The van der Waals surface area contributed by atoms with E-state index >= 15 is 0 Å². The Bertz CT molecular complexity index is 367. The average molecular weight is 243 g/mol. The normalized spacial score (nSPS) is 10.7. The largest absolute Gasteiger partial charge is 0.371 e. The Labute approximate surface area is 101 Å². The van der Waals surface area contributed by atoms with Gasteiger partial charge >= 0.3 is 0 Å². The van der Waals surface area contributed by atoms with E-state index in [1.807, 2.05) is 0 Å². The topological polar surface area (TPSA) is 37.0 Å². The van der Waals surface area contributed by atoms with Gasteiger partial charge in [-0.3, -0.25) is 0 Å². The molecule has 0 saturated carbocycles. The minimum absolute atomic E-state index is 0.0535. The highest BCUT2D eigenvalue weighted by Gasteiger charge is 2.10. The Hall–Kier alpha value is -1.39. The van der Waals surface area contributed by atoms with Crippen molar-refractivity contribution in [3.8, 4) is 0 Å². The molecule has 0 spiro atoms. The maximum absolute atomic E-state index is 13.4. The molecule has 1 rings (SSSR count). The van der Waals surface area contributed by atoms with E-state index in [9.17, 15) is 8.78 Å². The first kappa shape index (κ1) is 13.7. The van der Waals surface area contributed by atoms with Crippen molar-refractivity contribution >= 4 is 11.6 Å². The Morgan fingerprint density at radius 3 is 2.47 bits per heavy atom. The summed E-state index contributed by atoms with van der Waals surface area (Å²) in [5, 5.41) is 5.46. The van der Waals surface area contributed by atoms with Crippen LogP contribution in [0.1, 0.15) is 26.7 Å². The van der Waals surface area contributed by atoms with Gasteiger partial charge in [0.05, 0.1) is 0 Å². The van der Waals surface area contributed by atoms with Gasteiger partial charge < -0.3 is 10.6 Å². The zero-order chi connectivity index (χ0) is 12.8. The fourth-order valence-electron chi connectivity index (χ4n) is 1.48. The summed E-state index contributed by atoms with van der Waals surface area (Å²) in [6.07, 6.45) is 2.00. The Balaban J connectivity index is 2.58. The fourth-order valence-corrected chi connectivity index (χ4v) is 1.48. The maximum Gasteiger partial charge on any atom is 0.168 e. The standard InChI is InChI=1S/C12H19F2N3/c1-8(2)5-4-6-16-12-10(14)7-9(13)11(15-3)17-12/h7-8H,4-6H2,1-3H3,(H2,15,16,17). The molecule has 0 fully saturated rings. The zero-order valence-electron chi connectivity index (χ0n) is 10.5. The SMILES string of the molecule is CNc1nc(NCCCC(C)C)c(F)cc1F. The number of aromatic nitrogens is 1. The van der Waals surface area contributed by atoms with E-state index in [0.717, 1.165) is 18.9 Å². The van der Waals surface area contributed by atoms with Crippen molar-refractivity contribution < 1.29 is 8.78 Å². The Kier molecular flexibility index (Phi) is 5.12. The molecule has 0 saturated heterocycles. The number of halogens is 2. The molecule has 0 bridgehead atoms. The second kappa shape index (κ2) is 6.37. The molecule has 0 amide bonds. The number of nitrogens with zero attached hydrogens (tertiary/aromatic N) is 1. The number of hydrogen-bond acceptors (Lipinski definition) is 3. The molecule has 0 aliphatic heterocycles. The van der Waals surface area contributed by atoms with Crippen molar-refractivity contribution in [2.24, 2.45) is 5.92 Å². The number of hydrogen-bond donors (Lipinski definition) is 2. The highest BCUT2D eigenvalue weighted by atomic mass is 19.1. The molecule has 96 valence electrons. The van der Waals surface area contributed by atoms with E-state index in [2.05, 4.69) is 29.5 Å². The summed E-state index contributed by atoms with van der Waals surface area (Å²) in [5.74, 6) is -0.572. The fraction of sp³-hybridized carbons (Fsp3) is 0.583. The van der Waals surface area contributed by atoms with Gasteiger partial charge in [0.15, 0.2) is 23.3 Å². The lowest BCUT2D eigenvalue weighted by Crippen LogP contribution is -2.09. The van der Waals surface area contributed by atoms with Gasteiger partial charge in [-0.2, -0.15) is 0 Å². The monoisotopic (exact) mass is 243 g/mol. The molecular formula is C12H19F2N3. The van der Waals surface area contributed by atoms with Crippen LogP contribution in [0.25, 0.3) is 0 Å². The van der Waals surface area contributed by atoms with Crippen LogP contribution in [-0.2, 0) is 0 Å². The molecule has 2 N–H and O–H groups in total. The molecule has 17 heavy (non-hydrogen) atoms. The van der Waals surface area contributed by atoms with E-state index in [-0.39, 0.29) is 11.6 Å². The number of nitrogens with one attached hydrogen (secondary N) is 2. The molecule has 3 nitrogen and oxygen atoms in total. The second-order valence-corrected chi connectivity index (χ2v) is 4.36. The Morgan fingerprint density at radius 1 is 1.24 bits per heavy atom. The van der Waals surface area contributed by atoms with Gasteiger partial charge in [-0.15, -0.1) is 0 Å². The number of anilines is 2. The summed E-state index contributed by atoms with van der Waals surface area (Å²) in [5.41, 5.74) is 0. The molecule has 1 aromatic heterocycles. The van der Waals surface area contributed by atoms with Gasteiger partial charge in [0.25, 0.3) is 0 Å². The van der Waals surface area contributed by atoms with Crippen LogP contribution in [0.5, 0.6) is 0 Å². The van der Waals surface area contributed by atoms with Crippen LogP contribution < -0.4 is 10.6 Å². The van der Waals surface area contributed by atoms with Gasteiger partial charge in [0, 0.05) is 19.7 Å². The van der Waals surface area contributed by atoms with Crippen molar-refractivity contribution in [3.05, 3.63) is 17.7 Å². The molecule has 0 radical (unpaired) electrons. The first-order valence-electron chi connectivity index (χ1n) is 5.82. The minimum Gasteiger partial charge on any atom is -0.371 e. The first-order chi connectivity index (χ1) is 8.04. The van der Waals surface area contributed by atoms with Gasteiger partial charge in [-0.25, -0.2) is 13.8 Å². The van der Waals surface area contributed by atoms with Gasteiger partial charge in [-0.1, -0.05) is 13.8 Å². The smallest absolute Gasteiger partial charge is 0.168 e. The van der Waals surface area contributed by atoms with Gasteiger partial charge in [0.2, 0.25) is 0 Å². The van der Waals surface area contributed by atoms with Crippen LogP contribution in [0.3, 0.4) is 0 Å². The quantitative estimate of drug-likeness (QED) is 0.753.